The van der Waals surface area contributed by atoms with E-state index < -0.39 is 0 Å². The van der Waals surface area contributed by atoms with E-state index in [0.29, 0.717) is 19.1 Å². The molecular weight excluding hydrogens is 304 g/mol. The average Bonchev–Trinajstić information content (AvgIpc) is 2.98. The molecule has 24 heavy (non-hydrogen) atoms. The van der Waals surface area contributed by atoms with Crippen LogP contribution in [0.15, 0.2) is 22.8 Å². The summed E-state index contributed by atoms with van der Waals surface area (Å²) in [6.07, 6.45) is 6.36. The van der Waals surface area contributed by atoms with Gasteiger partial charge in [-0.25, -0.2) is 4.79 Å². The first kappa shape index (κ1) is 16.3. The Bertz CT molecular complexity index is 630. The first-order valence-electron chi connectivity index (χ1n) is 9.20. The summed E-state index contributed by atoms with van der Waals surface area (Å²) in [5.74, 6) is 0.254. The quantitative estimate of drug-likeness (QED) is 0.592. The van der Waals surface area contributed by atoms with E-state index in [1.807, 2.05) is 0 Å². The molecule has 4 rings (SSSR count). The minimum absolute atomic E-state index is 0.0271. The molecule has 4 nitrogen and oxygen atoms in total. The van der Waals surface area contributed by atoms with Crippen molar-refractivity contribution in [2.75, 3.05) is 13.2 Å². The Hall–Kier alpha value is -1.13. The number of aliphatic hydroxyl groups is 1. The van der Waals surface area contributed by atoms with Gasteiger partial charge in [0.15, 0.2) is 0 Å². The van der Waals surface area contributed by atoms with Crippen LogP contribution in [-0.2, 0) is 14.3 Å². The van der Waals surface area contributed by atoms with Crippen LogP contribution in [0.1, 0.15) is 52.9 Å². The maximum absolute atomic E-state index is 11.4. The van der Waals surface area contributed by atoms with E-state index in [2.05, 4.69) is 20.8 Å². The molecule has 0 saturated heterocycles. The Labute approximate surface area is 143 Å². The zero-order chi connectivity index (χ0) is 17.1. The largest absolute Gasteiger partial charge is 0.458 e. The first-order chi connectivity index (χ1) is 11.3. The van der Waals surface area contributed by atoms with Crippen LogP contribution in [0.2, 0.25) is 0 Å². The van der Waals surface area contributed by atoms with E-state index in [0.717, 1.165) is 37.7 Å². The zero-order valence-electron chi connectivity index (χ0n) is 14.9. The molecule has 0 unspecified atom stereocenters. The lowest BCUT2D eigenvalue weighted by atomic mass is 9.48. The van der Waals surface area contributed by atoms with Gasteiger partial charge < -0.3 is 14.6 Å². The number of cyclic esters (lactones) is 1. The number of esters is 1. The molecule has 132 valence electrons. The van der Waals surface area contributed by atoms with Crippen LogP contribution in [-0.4, -0.2) is 36.5 Å². The highest BCUT2D eigenvalue weighted by Crippen LogP contribution is 2.61. The van der Waals surface area contributed by atoms with Gasteiger partial charge in [0.25, 0.3) is 0 Å². The van der Waals surface area contributed by atoms with Gasteiger partial charge >= 0.3 is 5.97 Å². The van der Waals surface area contributed by atoms with Crippen molar-refractivity contribution in [1.82, 2.24) is 0 Å². The van der Waals surface area contributed by atoms with Gasteiger partial charge in [-0.1, -0.05) is 26.3 Å². The van der Waals surface area contributed by atoms with E-state index in [4.69, 9.17) is 9.47 Å². The molecule has 0 aromatic rings. The minimum Gasteiger partial charge on any atom is -0.458 e. The van der Waals surface area contributed by atoms with Crippen LogP contribution in [0.4, 0.5) is 0 Å². The summed E-state index contributed by atoms with van der Waals surface area (Å²) < 4.78 is 11.1. The lowest BCUT2D eigenvalue weighted by Crippen LogP contribution is -2.53. The standard InChI is InChI=1S/C20H28O4/c1-19(2)16-5-4-12-10-23-15(13-8-18(22)24-11-13)9-14(12)20(16,3)7-6-17(19)21/h8,15-17,21H,4-7,9-11H2,1-3H3/t15-,16-,17-,20+/m0/s1. The molecule has 1 fully saturated rings. The van der Waals surface area contributed by atoms with Crippen LogP contribution in [0.5, 0.6) is 0 Å². The molecule has 2 heterocycles. The average molecular weight is 332 g/mol. The minimum atomic E-state index is -0.247. The summed E-state index contributed by atoms with van der Waals surface area (Å²) >= 11 is 0. The van der Waals surface area contributed by atoms with Crippen LogP contribution < -0.4 is 0 Å². The predicted octanol–water partition coefficient (Wildman–Crippen LogP) is 3.15. The van der Waals surface area contributed by atoms with Gasteiger partial charge in [-0.15, -0.1) is 0 Å². The Kier molecular flexibility index (Phi) is 3.70. The van der Waals surface area contributed by atoms with Crippen LogP contribution in [0, 0.1) is 16.7 Å². The summed E-state index contributed by atoms with van der Waals surface area (Å²) in [4.78, 5) is 11.4. The SMILES string of the molecule is CC1(C)[C@@H](O)CC[C@]2(C)C3=C(CC[C@@H]12)CO[C@H](C1=CC(=O)OC1)C3. The number of carbonyl (C=O) groups excluding carboxylic acids is 1. The highest BCUT2D eigenvalue weighted by molar-refractivity contribution is 5.85. The van der Waals surface area contributed by atoms with Crippen molar-refractivity contribution in [3.63, 3.8) is 0 Å². The number of hydrogen-bond acceptors (Lipinski definition) is 4. The fraction of sp³-hybridized carbons (Fsp3) is 0.750. The normalized spacial score (nSPS) is 41.4. The molecule has 0 bridgehead atoms. The molecule has 0 radical (unpaired) electrons. The maximum Gasteiger partial charge on any atom is 0.331 e. The molecule has 1 saturated carbocycles. The van der Waals surface area contributed by atoms with Crippen molar-refractivity contribution >= 4 is 5.97 Å². The molecule has 4 aliphatic rings. The fourth-order valence-corrected chi connectivity index (χ4v) is 5.76. The molecule has 0 spiro atoms. The van der Waals surface area contributed by atoms with Crippen molar-refractivity contribution in [2.45, 2.75) is 65.1 Å². The zero-order valence-corrected chi connectivity index (χ0v) is 14.9. The summed E-state index contributed by atoms with van der Waals surface area (Å²) in [5, 5.41) is 10.5. The van der Waals surface area contributed by atoms with Gasteiger partial charge in [0.05, 0.1) is 18.8 Å². The van der Waals surface area contributed by atoms with Crippen LogP contribution in [0.25, 0.3) is 0 Å². The van der Waals surface area contributed by atoms with Gasteiger partial charge in [-0.2, -0.15) is 0 Å². The smallest absolute Gasteiger partial charge is 0.331 e. The molecular formula is C20H28O4. The van der Waals surface area contributed by atoms with Crippen LogP contribution >= 0.6 is 0 Å². The molecule has 0 amide bonds. The second kappa shape index (κ2) is 5.43. The molecule has 2 aliphatic carbocycles. The molecule has 1 N–H and O–H groups in total. The second-order valence-corrected chi connectivity index (χ2v) is 8.80. The maximum atomic E-state index is 11.4. The molecule has 4 atom stereocenters. The van der Waals surface area contributed by atoms with E-state index in [9.17, 15) is 9.90 Å². The van der Waals surface area contributed by atoms with Crippen molar-refractivity contribution in [1.29, 1.82) is 0 Å². The topological polar surface area (TPSA) is 55.8 Å². The van der Waals surface area contributed by atoms with Crippen molar-refractivity contribution in [2.24, 2.45) is 16.7 Å². The third-order valence-electron chi connectivity index (χ3n) is 7.26. The number of rotatable bonds is 1. The molecule has 0 aromatic carbocycles. The van der Waals surface area contributed by atoms with E-state index in [1.165, 1.54) is 11.1 Å². The van der Waals surface area contributed by atoms with Gasteiger partial charge in [-0.3, -0.25) is 0 Å². The Balaban J connectivity index is 1.65. The van der Waals surface area contributed by atoms with Gasteiger partial charge in [0.1, 0.15) is 6.61 Å². The van der Waals surface area contributed by atoms with Crippen molar-refractivity contribution in [3.8, 4) is 0 Å². The third-order valence-corrected chi connectivity index (χ3v) is 7.26. The number of aliphatic hydroxyl groups excluding tert-OH is 1. The number of fused-ring (bicyclic) bond motifs is 2. The predicted molar refractivity (Wildman–Crippen MR) is 90.3 cm³/mol. The second-order valence-electron chi connectivity index (χ2n) is 8.80. The monoisotopic (exact) mass is 332 g/mol. The number of ether oxygens (including phenoxy) is 2. The summed E-state index contributed by atoms with van der Waals surface area (Å²) in [6, 6.07) is 0. The van der Waals surface area contributed by atoms with Gasteiger partial charge in [-0.05, 0) is 54.4 Å². The van der Waals surface area contributed by atoms with E-state index in [-0.39, 0.29) is 29.0 Å². The Morgan fingerprint density at radius 1 is 1.21 bits per heavy atom. The van der Waals surface area contributed by atoms with E-state index >= 15 is 0 Å². The first-order valence-corrected chi connectivity index (χ1v) is 9.20. The molecule has 4 heteroatoms. The summed E-state index contributed by atoms with van der Waals surface area (Å²) in [5.41, 5.74) is 4.07. The third kappa shape index (κ3) is 2.30. The number of carbonyl (C=O) groups is 1. The highest BCUT2D eigenvalue weighted by Gasteiger charge is 2.54. The Morgan fingerprint density at radius 2 is 2.00 bits per heavy atom. The number of hydrogen-bond donors (Lipinski definition) is 1. The fourth-order valence-electron chi connectivity index (χ4n) is 5.76. The lowest BCUT2D eigenvalue weighted by Gasteiger charge is -2.58. The van der Waals surface area contributed by atoms with Crippen molar-refractivity contribution < 1.29 is 19.4 Å². The van der Waals surface area contributed by atoms with E-state index in [1.54, 1.807) is 6.08 Å². The summed E-state index contributed by atoms with van der Waals surface area (Å²) in [7, 11) is 0. The summed E-state index contributed by atoms with van der Waals surface area (Å²) in [6.45, 7) is 7.91. The highest BCUT2D eigenvalue weighted by atomic mass is 16.5. The van der Waals surface area contributed by atoms with Crippen LogP contribution in [0.3, 0.4) is 0 Å². The lowest BCUT2D eigenvalue weighted by molar-refractivity contribution is -0.135. The van der Waals surface area contributed by atoms with Gasteiger partial charge in [0.2, 0.25) is 0 Å². The molecule has 2 aliphatic heterocycles. The van der Waals surface area contributed by atoms with Crippen molar-refractivity contribution in [3.05, 3.63) is 22.8 Å². The van der Waals surface area contributed by atoms with Gasteiger partial charge in [0, 0.05) is 11.6 Å². The Morgan fingerprint density at radius 3 is 2.71 bits per heavy atom. The molecule has 0 aromatic heterocycles.